The quantitative estimate of drug-likeness (QED) is 0.599. The molecular weight excluding hydrogens is 232 g/mol. The predicted molar refractivity (Wildman–Crippen MR) is 75.0 cm³/mol. The normalized spacial score (nSPS) is 10.6. The lowest BCUT2D eigenvalue weighted by Gasteiger charge is -2.11. The van der Waals surface area contributed by atoms with Crippen molar-refractivity contribution in [2.75, 3.05) is 13.1 Å². The van der Waals surface area contributed by atoms with Crippen LogP contribution in [0.1, 0.15) is 26.0 Å². The predicted octanol–water partition coefficient (Wildman–Crippen LogP) is 1.70. The first kappa shape index (κ1) is 14.0. The molecular formula is C12H22N4S. The number of hydrogen-bond acceptors (Lipinski definition) is 2. The van der Waals surface area contributed by atoms with Crippen LogP contribution < -0.4 is 10.6 Å². The van der Waals surface area contributed by atoms with E-state index in [0.717, 1.165) is 36.9 Å². The van der Waals surface area contributed by atoms with E-state index in [1.807, 2.05) is 23.9 Å². The lowest BCUT2D eigenvalue weighted by atomic mass is 10.2. The summed E-state index contributed by atoms with van der Waals surface area (Å²) in [7, 11) is 0. The van der Waals surface area contributed by atoms with Gasteiger partial charge in [0, 0.05) is 25.8 Å². The van der Waals surface area contributed by atoms with Crippen LogP contribution in [0.25, 0.3) is 0 Å². The molecule has 0 spiro atoms. The van der Waals surface area contributed by atoms with Gasteiger partial charge in [0.15, 0.2) is 5.11 Å². The SMILES string of the molecule is Cc1ccn(CCCNC(=S)NCC(C)C)n1. The molecule has 0 saturated carbocycles. The molecule has 0 aromatic carbocycles. The van der Waals surface area contributed by atoms with Crippen LogP contribution in [-0.4, -0.2) is 28.0 Å². The van der Waals surface area contributed by atoms with E-state index in [0.29, 0.717) is 5.92 Å². The Hall–Kier alpha value is -1.10. The minimum absolute atomic E-state index is 0.613. The van der Waals surface area contributed by atoms with Gasteiger partial charge in [0.1, 0.15) is 0 Å². The van der Waals surface area contributed by atoms with E-state index in [1.54, 1.807) is 0 Å². The number of rotatable bonds is 6. The highest BCUT2D eigenvalue weighted by atomic mass is 32.1. The van der Waals surface area contributed by atoms with Crippen molar-refractivity contribution in [1.82, 2.24) is 20.4 Å². The molecule has 0 aliphatic carbocycles. The summed E-state index contributed by atoms with van der Waals surface area (Å²) in [5, 5.41) is 11.5. The van der Waals surface area contributed by atoms with Crippen molar-refractivity contribution in [1.29, 1.82) is 0 Å². The molecule has 17 heavy (non-hydrogen) atoms. The monoisotopic (exact) mass is 254 g/mol. The van der Waals surface area contributed by atoms with E-state index in [2.05, 4.69) is 29.6 Å². The molecule has 4 nitrogen and oxygen atoms in total. The van der Waals surface area contributed by atoms with Gasteiger partial charge in [-0.1, -0.05) is 13.8 Å². The zero-order valence-electron chi connectivity index (χ0n) is 10.9. The molecule has 0 bridgehead atoms. The molecule has 2 N–H and O–H groups in total. The summed E-state index contributed by atoms with van der Waals surface area (Å²) >= 11 is 5.16. The van der Waals surface area contributed by atoms with Gasteiger partial charge < -0.3 is 10.6 Å². The summed E-state index contributed by atoms with van der Waals surface area (Å²) in [6.07, 6.45) is 3.02. The van der Waals surface area contributed by atoms with Crippen LogP contribution in [0.3, 0.4) is 0 Å². The Morgan fingerprint density at radius 3 is 2.82 bits per heavy atom. The molecule has 5 heteroatoms. The summed E-state index contributed by atoms with van der Waals surface area (Å²) in [6.45, 7) is 9.05. The zero-order chi connectivity index (χ0) is 12.7. The summed E-state index contributed by atoms with van der Waals surface area (Å²) in [5.74, 6) is 0.613. The topological polar surface area (TPSA) is 41.9 Å². The smallest absolute Gasteiger partial charge is 0.166 e. The first-order chi connectivity index (χ1) is 8.08. The Morgan fingerprint density at radius 2 is 2.24 bits per heavy atom. The van der Waals surface area contributed by atoms with Gasteiger partial charge >= 0.3 is 0 Å². The zero-order valence-corrected chi connectivity index (χ0v) is 11.7. The van der Waals surface area contributed by atoms with Crippen LogP contribution in [0.15, 0.2) is 12.3 Å². The number of nitrogens with zero attached hydrogens (tertiary/aromatic N) is 2. The Balaban J connectivity index is 2.06. The van der Waals surface area contributed by atoms with Gasteiger partial charge in [0.05, 0.1) is 5.69 Å². The van der Waals surface area contributed by atoms with Gasteiger partial charge in [-0.2, -0.15) is 5.10 Å². The molecule has 1 aromatic rings. The fourth-order valence-electron chi connectivity index (χ4n) is 1.39. The number of thiocarbonyl (C=S) groups is 1. The number of aryl methyl sites for hydroxylation is 2. The maximum absolute atomic E-state index is 5.16. The van der Waals surface area contributed by atoms with Crippen molar-refractivity contribution in [3.63, 3.8) is 0 Å². The van der Waals surface area contributed by atoms with Gasteiger partial charge in [0.2, 0.25) is 0 Å². The average molecular weight is 254 g/mol. The Labute approximate surface area is 109 Å². The molecule has 0 aliphatic heterocycles. The fourth-order valence-corrected chi connectivity index (χ4v) is 1.58. The van der Waals surface area contributed by atoms with Crippen LogP contribution >= 0.6 is 12.2 Å². The Morgan fingerprint density at radius 1 is 1.47 bits per heavy atom. The van der Waals surface area contributed by atoms with E-state index in [9.17, 15) is 0 Å². The highest BCUT2D eigenvalue weighted by molar-refractivity contribution is 7.80. The first-order valence-corrected chi connectivity index (χ1v) is 6.50. The molecule has 0 atom stereocenters. The van der Waals surface area contributed by atoms with Crippen molar-refractivity contribution in [2.45, 2.75) is 33.7 Å². The van der Waals surface area contributed by atoms with Crippen molar-refractivity contribution in [3.8, 4) is 0 Å². The average Bonchev–Trinajstić information content (AvgIpc) is 2.68. The Kier molecular flexibility index (Phi) is 5.97. The third-order valence-corrected chi connectivity index (χ3v) is 2.58. The second-order valence-corrected chi connectivity index (χ2v) is 5.01. The number of aromatic nitrogens is 2. The summed E-state index contributed by atoms with van der Waals surface area (Å²) in [6, 6.07) is 2.02. The largest absolute Gasteiger partial charge is 0.363 e. The van der Waals surface area contributed by atoms with E-state index < -0.39 is 0 Å². The second kappa shape index (κ2) is 7.27. The van der Waals surface area contributed by atoms with Crippen molar-refractivity contribution >= 4 is 17.3 Å². The van der Waals surface area contributed by atoms with E-state index >= 15 is 0 Å². The van der Waals surface area contributed by atoms with Crippen molar-refractivity contribution in [3.05, 3.63) is 18.0 Å². The van der Waals surface area contributed by atoms with E-state index in [-0.39, 0.29) is 0 Å². The highest BCUT2D eigenvalue weighted by Gasteiger charge is 1.98. The van der Waals surface area contributed by atoms with Gasteiger partial charge in [0.25, 0.3) is 0 Å². The molecule has 0 radical (unpaired) electrons. The minimum Gasteiger partial charge on any atom is -0.363 e. The second-order valence-electron chi connectivity index (χ2n) is 4.60. The minimum atomic E-state index is 0.613. The Bertz CT molecular complexity index is 346. The molecule has 0 aliphatic rings. The fraction of sp³-hybridized carbons (Fsp3) is 0.667. The molecule has 96 valence electrons. The third kappa shape index (κ3) is 6.26. The van der Waals surface area contributed by atoms with Crippen LogP contribution in [0.5, 0.6) is 0 Å². The van der Waals surface area contributed by atoms with Gasteiger partial charge in [-0.25, -0.2) is 0 Å². The number of nitrogens with one attached hydrogen (secondary N) is 2. The number of hydrogen-bond donors (Lipinski definition) is 2. The lowest BCUT2D eigenvalue weighted by Crippen LogP contribution is -2.37. The molecule has 1 heterocycles. The van der Waals surface area contributed by atoms with Crippen molar-refractivity contribution < 1.29 is 0 Å². The highest BCUT2D eigenvalue weighted by Crippen LogP contribution is 1.94. The first-order valence-electron chi connectivity index (χ1n) is 6.09. The van der Waals surface area contributed by atoms with Crippen LogP contribution in [-0.2, 0) is 6.54 Å². The van der Waals surface area contributed by atoms with Gasteiger partial charge in [-0.05, 0) is 37.5 Å². The van der Waals surface area contributed by atoms with Gasteiger partial charge in [-0.3, -0.25) is 4.68 Å². The maximum atomic E-state index is 5.16. The van der Waals surface area contributed by atoms with E-state index in [4.69, 9.17) is 12.2 Å². The molecule has 0 saturated heterocycles. The standard InChI is InChI=1S/C12H22N4S/c1-10(2)9-14-12(17)13-6-4-7-16-8-5-11(3)15-16/h5,8,10H,4,6-7,9H2,1-3H3,(H2,13,14,17). The lowest BCUT2D eigenvalue weighted by molar-refractivity contribution is 0.565. The molecule has 1 rings (SSSR count). The van der Waals surface area contributed by atoms with Crippen LogP contribution in [0.4, 0.5) is 0 Å². The van der Waals surface area contributed by atoms with Crippen LogP contribution in [0, 0.1) is 12.8 Å². The molecule has 1 aromatic heterocycles. The van der Waals surface area contributed by atoms with E-state index in [1.165, 1.54) is 0 Å². The summed E-state index contributed by atoms with van der Waals surface area (Å²) in [4.78, 5) is 0. The third-order valence-electron chi connectivity index (χ3n) is 2.29. The molecule has 0 unspecified atom stereocenters. The summed E-state index contributed by atoms with van der Waals surface area (Å²) < 4.78 is 1.96. The van der Waals surface area contributed by atoms with Gasteiger partial charge in [-0.15, -0.1) is 0 Å². The molecule has 0 fully saturated rings. The van der Waals surface area contributed by atoms with Crippen molar-refractivity contribution in [2.24, 2.45) is 5.92 Å². The summed E-state index contributed by atoms with van der Waals surface area (Å²) in [5.41, 5.74) is 1.06. The molecule has 0 amide bonds. The van der Waals surface area contributed by atoms with Crippen LogP contribution in [0.2, 0.25) is 0 Å². The maximum Gasteiger partial charge on any atom is 0.166 e.